The van der Waals surface area contributed by atoms with Crippen LogP contribution in [0.1, 0.15) is 29.8 Å². The first-order valence-electron chi connectivity index (χ1n) is 6.01. The minimum absolute atomic E-state index is 0.0108. The first-order valence-corrected chi connectivity index (χ1v) is 6.83. The van der Waals surface area contributed by atoms with Gasteiger partial charge in [-0.05, 0) is 32.9 Å². The number of hydrogen-bond acceptors (Lipinski definition) is 4. The molecule has 94 valence electrons. The number of nitrogens with zero attached hydrogens (tertiary/aromatic N) is 1. The lowest BCUT2D eigenvalue weighted by atomic mass is 9.88. The number of carbonyl (C=O) groups excluding carboxylic acids is 1. The molecule has 17 heavy (non-hydrogen) atoms. The third-order valence-corrected chi connectivity index (χ3v) is 4.40. The maximum absolute atomic E-state index is 12.0. The van der Waals surface area contributed by atoms with E-state index in [-0.39, 0.29) is 17.9 Å². The summed E-state index contributed by atoms with van der Waals surface area (Å²) in [5, 5.41) is 7.22. The topological polar surface area (TPSA) is 54.0 Å². The minimum atomic E-state index is 0.0108. The molecule has 1 aromatic rings. The van der Waals surface area contributed by atoms with Crippen molar-refractivity contribution in [3.8, 4) is 0 Å². The molecule has 1 saturated heterocycles. The number of carbonyl (C=O) groups is 1. The summed E-state index contributed by atoms with van der Waals surface area (Å²) in [6.07, 6.45) is 1.85. The zero-order valence-corrected chi connectivity index (χ0v) is 11.3. The van der Waals surface area contributed by atoms with Crippen LogP contribution in [0.15, 0.2) is 6.20 Å². The molecule has 1 fully saturated rings. The third-order valence-electron chi connectivity index (χ3n) is 3.30. The van der Waals surface area contributed by atoms with Gasteiger partial charge in [0.05, 0.1) is 6.04 Å². The second kappa shape index (κ2) is 5.14. The quantitative estimate of drug-likeness (QED) is 0.854. The summed E-state index contributed by atoms with van der Waals surface area (Å²) < 4.78 is 0. The van der Waals surface area contributed by atoms with Crippen LogP contribution < -0.4 is 10.6 Å². The van der Waals surface area contributed by atoms with Crippen molar-refractivity contribution in [2.24, 2.45) is 11.8 Å². The molecule has 4 nitrogen and oxygen atoms in total. The Morgan fingerprint density at radius 1 is 1.59 bits per heavy atom. The van der Waals surface area contributed by atoms with Gasteiger partial charge >= 0.3 is 0 Å². The van der Waals surface area contributed by atoms with Crippen molar-refractivity contribution >= 4 is 17.2 Å². The van der Waals surface area contributed by atoms with E-state index in [0.717, 1.165) is 18.1 Å². The Balaban J connectivity index is 1.89. The predicted octanol–water partition coefficient (Wildman–Crippen LogP) is 1.48. The molecule has 1 aliphatic heterocycles. The van der Waals surface area contributed by atoms with E-state index in [4.69, 9.17) is 0 Å². The third kappa shape index (κ3) is 2.84. The van der Waals surface area contributed by atoms with Gasteiger partial charge in [-0.25, -0.2) is 4.98 Å². The number of aryl methyl sites for hydroxylation is 1. The highest BCUT2D eigenvalue weighted by Crippen LogP contribution is 2.21. The van der Waals surface area contributed by atoms with E-state index in [2.05, 4.69) is 15.6 Å². The van der Waals surface area contributed by atoms with Gasteiger partial charge in [-0.1, -0.05) is 6.92 Å². The fraction of sp³-hybridized carbons (Fsp3) is 0.667. The van der Waals surface area contributed by atoms with Gasteiger partial charge in [0.25, 0.3) is 0 Å². The van der Waals surface area contributed by atoms with Crippen LogP contribution >= 0.6 is 11.3 Å². The second-order valence-corrected chi connectivity index (χ2v) is 6.01. The lowest BCUT2D eigenvalue weighted by Crippen LogP contribution is -2.49. The molecule has 1 amide bonds. The Labute approximate surface area is 106 Å². The number of thiazole rings is 1. The Morgan fingerprint density at radius 3 is 2.76 bits per heavy atom. The molecule has 2 atom stereocenters. The fourth-order valence-electron chi connectivity index (χ4n) is 1.86. The van der Waals surface area contributed by atoms with Gasteiger partial charge in [-0.3, -0.25) is 4.79 Å². The van der Waals surface area contributed by atoms with E-state index in [0.29, 0.717) is 5.92 Å². The molecule has 2 N–H and O–H groups in total. The molecule has 0 aliphatic carbocycles. The molecule has 5 heteroatoms. The van der Waals surface area contributed by atoms with Crippen LogP contribution in [0.5, 0.6) is 0 Å². The average molecular weight is 253 g/mol. The first kappa shape index (κ1) is 12.5. The molecule has 2 rings (SSSR count). The van der Waals surface area contributed by atoms with Gasteiger partial charge in [0.15, 0.2) is 0 Å². The van der Waals surface area contributed by atoms with Crippen molar-refractivity contribution in [2.75, 3.05) is 13.1 Å². The molecular formula is C12H19N3OS. The van der Waals surface area contributed by atoms with Crippen LogP contribution in [0, 0.1) is 18.8 Å². The summed E-state index contributed by atoms with van der Waals surface area (Å²) >= 11 is 1.64. The number of amides is 1. The van der Waals surface area contributed by atoms with Crippen LogP contribution in [0.2, 0.25) is 0 Å². The molecule has 0 spiro atoms. The smallest absolute Gasteiger partial charge is 0.223 e. The van der Waals surface area contributed by atoms with E-state index in [1.54, 1.807) is 11.3 Å². The molecule has 0 saturated carbocycles. The van der Waals surface area contributed by atoms with Crippen LogP contribution in [0.4, 0.5) is 0 Å². The van der Waals surface area contributed by atoms with Crippen molar-refractivity contribution in [1.29, 1.82) is 0 Å². The second-order valence-electron chi connectivity index (χ2n) is 4.75. The van der Waals surface area contributed by atoms with Gasteiger partial charge in [0, 0.05) is 17.0 Å². The zero-order valence-electron chi connectivity index (χ0n) is 10.5. The largest absolute Gasteiger partial charge is 0.347 e. The summed E-state index contributed by atoms with van der Waals surface area (Å²) in [7, 11) is 0. The number of hydrogen-bond donors (Lipinski definition) is 2. The maximum Gasteiger partial charge on any atom is 0.223 e. The lowest BCUT2D eigenvalue weighted by molar-refractivity contribution is -0.127. The van der Waals surface area contributed by atoms with Crippen molar-refractivity contribution in [2.45, 2.75) is 26.8 Å². The monoisotopic (exact) mass is 253 g/mol. The molecule has 2 unspecified atom stereocenters. The summed E-state index contributed by atoms with van der Waals surface area (Å²) in [5.74, 6) is 0.705. The molecular weight excluding hydrogens is 234 g/mol. The molecule has 2 heterocycles. The van der Waals surface area contributed by atoms with E-state index in [1.165, 1.54) is 4.88 Å². The average Bonchev–Trinajstić information content (AvgIpc) is 2.62. The molecule has 1 aliphatic rings. The van der Waals surface area contributed by atoms with Crippen molar-refractivity contribution < 1.29 is 4.79 Å². The Bertz CT molecular complexity index is 400. The fourth-order valence-corrected chi connectivity index (χ4v) is 2.63. The standard InChI is InChI=1S/C12H19N3OS/c1-7-4-14-12(17-7)9(3)15-11(16)8(2)10-5-13-6-10/h4,8-10,13H,5-6H2,1-3H3,(H,15,16). The zero-order chi connectivity index (χ0) is 12.4. The highest BCUT2D eigenvalue weighted by Gasteiger charge is 2.29. The highest BCUT2D eigenvalue weighted by molar-refractivity contribution is 7.11. The lowest BCUT2D eigenvalue weighted by Gasteiger charge is -2.32. The first-order chi connectivity index (χ1) is 8.08. The van der Waals surface area contributed by atoms with Gasteiger partial charge in [0.1, 0.15) is 5.01 Å². The molecule has 1 aromatic heterocycles. The molecule has 0 bridgehead atoms. The number of rotatable bonds is 4. The number of nitrogens with one attached hydrogen (secondary N) is 2. The van der Waals surface area contributed by atoms with Crippen LogP contribution in [-0.2, 0) is 4.79 Å². The van der Waals surface area contributed by atoms with E-state index < -0.39 is 0 Å². The van der Waals surface area contributed by atoms with Gasteiger partial charge < -0.3 is 10.6 Å². The summed E-state index contributed by atoms with van der Waals surface area (Å²) in [5.41, 5.74) is 0. The van der Waals surface area contributed by atoms with Crippen LogP contribution in [0.3, 0.4) is 0 Å². The summed E-state index contributed by atoms with van der Waals surface area (Å²) in [4.78, 5) is 17.5. The van der Waals surface area contributed by atoms with Crippen molar-refractivity contribution in [1.82, 2.24) is 15.6 Å². The minimum Gasteiger partial charge on any atom is -0.347 e. The Hall–Kier alpha value is -0.940. The van der Waals surface area contributed by atoms with E-state index in [1.807, 2.05) is 27.0 Å². The van der Waals surface area contributed by atoms with Gasteiger partial charge in [-0.15, -0.1) is 11.3 Å². The number of aromatic nitrogens is 1. The van der Waals surface area contributed by atoms with Gasteiger partial charge in [0.2, 0.25) is 5.91 Å². The molecule has 0 aromatic carbocycles. The highest BCUT2D eigenvalue weighted by atomic mass is 32.1. The van der Waals surface area contributed by atoms with Crippen molar-refractivity contribution in [3.63, 3.8) is 0 Å². The molecule has 0 radical (unpaired) electrons. The van der Waals surface area contributed by atoms with Crippen LogP contribution in [-0.4, -0.2) is 24.0 Å². The van der Waals surface area contributed by atoms with Gasteiger partial charge in [-0.2, -0.15) is 0 Å². The predicted molar refractivity (Wildman–Crippen MR) is 68.9 cm³/mol. The van der Waals surface area contributed by atoms with E-state index >= 15 is 0 Å². The Morgan fingerprint density at radius 2 is 2.29 bits per heavy atom. The summed E-state index contributed by atoms with van der Waals surface area (Å²) in [6, 6.07) is 0.0108. The Kier molecular flexibility index (Phi) is 3.79. The van der Waals surface area contributed by atoms with Crippen LogP contribution in [0.25, 0.3) is 0 Å². The maximum atomic E-state index is 12.0. The van der Waals surface area contributed by atoms with E-state index in [9.17, 15) is 4.79 Å². The normalized spacial score (nSPS) is 19.5. The SMILES string of the molecule is Cc1cnc(C(C)NC(=O)C(C)C2CNC2)s1. The summed E-state index contributed by atoms with van der Waals surface area (Å²) in [6.45, 7) is 7.93. The van der Waals surface area contributed by atoms with Crippen molar-refractivity contribution in [3.05, 3.63) is 16.1 Å².